The first kappa shape index (κ1) is 37.7. The molecule has 0 aromatic heterocycles. The lowest BCUT2D eigenvalue weighted by Crippen LogP contribution is -2.44. The largest absolute Gasteiger partial charge is 0.493 e. The van der Waals surface area contributed by atoms with Crippen LogP contribution < -0.4 is 10.1 Å². The third-order valence-corrected chi connectivity index (χ3v) is 9.17. The first-order chi connectivity index (χ1) is 23.2. The molecule has 2 aliphatic heterocycles. The van der Waals surface area contributed by atoms with Gasteiger partial charge in [0, 0.05) is 88.9 Å². The number of ether oxygens (including phenoxy) is 3. The zero-order chi connectivity index (χ0) is 35.9. The van der Waals surface area contributed by atoms with Crippen LogP contribution in [-0.2, 0) is 25.5 Å². The highest BCUT2D eigenvalue weighted by atomic mass is 16.6. The molecule has 49 heavy (non-hydrogen) atoms. The molecule has 0 bridgehead atoms. The summed E-state index contributed by atoms with van der Waals surface area (Å²) in [5, 5.41) is 2.86. The van der Waals surface area contributed by atoms with Crippen LogP contribution in [0.1, 0.15) is 81.8 Å². The van der Waals surface area contributed by atoms with E-state index in [1.54, 1.807) is 24.0 Å². The standard InChI is InChI=1S/C38H54N4O7/c1-9-26-15-16-27(19-33(26)48-18-12-17-47-8)35(44)42(25(2)3)24-29-23-41(37(46)49-38(4,5)6)22-28(29)21-40(7)36(45)31-20-34(43)39-32-14-11-10-13-30(31)32/h10-11,13-16,19,25,28-29,31H,9,12,17-18,20-24H2,1-8H3,(H,39,43)/t28-,29+,31-/m1/s1. The molecule has 2 heterocycles. The molecule has 0 saturated carbocycles. The van der Waals surface area contributed by atoms with E-state index in [2.05, 4.69) is 12.2 Å². The van der Waals surface area contributed by atoms with Crippen molar-refractivity contribution in [1.29, 1.82) is 0 Å². The first-order valence-corrected chi connectivity index (χ1v) is 17.4. The maximum Gasteiger partial charge on any atom is 0.410 e. The van der Waals surface area contributed by atoms with Crippen molar-refractivity contribution >= 4 is 29.5 Å². The molecule has 2 aromatic rings. The number of likely N-dealkylation sites (tertiary alicyclic amines) is 1. The highest BCUT2D eigenvalue weighted by molar-refractivity contribution is 6.01. The molecule has 4 amide bonds. The molecular formula is C38H54N4O7. The number of fused-ring (bicyclic) bond motifs is 1. The fourth-order valence-corrected chi connectivity index (χ4v) is 6.61. The van der Waals surface area contributed by atoms with E-state index >= 15 is 0 Å². The molecule has 0 unspecified atom stereocenters. The molecule has 0 aliphatic carbocycles. The van der Waals surface area contributed by atoms with Crippen molar-refractivity contribution in [1.82, 2.24) is 14.7 Å². The van der Waals surface area contributed by atoms with Gasteiger partial charge in [0.25, 0.3) is 5.91 Å². The number of carbonyl (C=O) groups is 4. The molecule has 3 atom stereocenters. The van der Waals surface area contributed by atoms with Crippen LogP contribution in [0.25, 0.3) is 0 Å². The maximum absolute atomic E-state index is 14.1. The van der Waals surface area contributed by atoms with Crippen LogP contribution in [0.4, 0.5) is 10.5 Å². The minimum Gasteiger partial charge on any atom is -0.493 e. The van der Waals surface area contributed by atoms with Crippen molar-refractivity contribution in [3.63, 3.8) is 0 Å². The van der Waals surface area contributed by atoms with E-state index in [4.69, 9.17) is 14.2 Å². The minimum absolute atomic E-state index is 0.0723. The quantitative estimate of drug-likeness (QED) is 0.275. The first-order valence-electron chi connectivity index (χ1n) is 17.4. The van der Waals surface area contributed by atoms with Crippen molar-refractivity contribution < 1.29 is 33.4 Å². The third kappa shape index (κ3) is 9.74. The van der Waals surface area contributed by atoms with Crippen molar-refractivity contribution in [3.05, 3.63) is 59.2 Å². The summed E-state index contributed by atoms with van der Waals surface area (Å²) in [6, 6.07) is 12.9. The molecule has 1 fully saturated rings. The van der Waals surface area contributed by atoms with E-state index in [0.29, 0.717) is 56.4 Å². The van der Waals surface area contributed by atoms with E-state index in [0.717, 1.165) is 24.0 Å². The van der Waals surface area contributed by atoms with Gasteiger partial charge >= 0.3 is 6.09 Å². The van der Waals surface area contributed by atoms with Crippen LogP contribution in [0.3, 0.4) is 0 Å². The second-order valence-corrected chi connectivity index (χ2v) is 14.4. The molecule has 1 saturated heterocycles. The van der Waals surface area contributed by atoms with Gasteiger partial charge < -0.3 is 34.2 Å². The lowest BCUT2D eigenvalue weighted by atomic mass is 9.88. The van der Waals surface area contributed by atoms with Crippen molar-refractivity contribution in [3.8, 4) is 5.75 Å². The number of para-hydroxylation sites is 1. The van der Waals surface area contributed by atoms with Gasteiger partial charge in [0.2, 0.25) is 11.8 Å². The summed E-state index contributed by atoms with van der Waals surface area (Å²) in [6.45, 7) is 14.1. The Morgan fingerprint density at radius 2 is 1.71 bits per heavy atom. The number of rotatable bonds is 13. The van der Waals surface area contributed by atoms with E-state index in [9.17, 15) is 19.2 Å². The molecule has 268 valence electrons. The fraction of sp³-hybridized carbons (Fsp3) is 0.579. The predicted molar refractivity (Wildman–Crippen MR) is 189 cm³/mol. The number of methoxy groups -OCH3 is 1. The highest BCUT2D eigenvalue weighted by Gasteiger charge is 2.41. The molecule has 0 spiro atoms. The predicted octanol–water partition coefficient (Wildman–Crippen LogP) is 5.58. The summed E-state index contributed by atoms with van der Waals surface area (Å²) >= 11 is 0. The second kappa shape index (κ2) is 16.5. The number of likely N-dealkylation sites (N-methyl/N-ethyl adjacent to an activating group) is 1. The van der Waals surface area contributed by atoms with Crippen LogP contribution in [0.15, 0.2) is 42.5 Å². The minimum atomic E-state index is -0.666. The second-order valence-electron chi connectivity index (χ2n) is 14.4. The van der Waals surface area contributed by atoms with Crippen LogP contribution in [0.5, 0.6) is 5.75 Å². The lowest BCUT2D eigenvalue weighted by molar-refractivity contribution is -0.134. The SMILES string of the molecule is CCc1ccc(C(=O)N(C[C@@H]2CN(C(=O)OC(C)(C)C)C[C@H]2CN(C)C(=O)[C@@H]2CC(=O)Nc3ccccc32)C(C)C)cc1OCCCOC. The summed E-state index contributed by atoms with van der Waals surface area (Å²) in [6.07, 6.45) is 1.17. The number of hydrogen-bond acceptors (Lipinski definition) is 7. The summed E-state index contributed by atoms with van der Waals surface area (Å²) in [4.78, 5) is 59.0. The Kier molecular flexibility index (Phi) is 12.7. The lowest BCUT2D eigenvalue weighted by Gasteiger charge is -2.34. The average Bonchev–Trinajstić information content (AvgIpc) is 3.45. The summed E-state index contributed by atoms with van der Waals surface area (Å²) in [7, 11) is 3.41. The number of benzene rings is 2. The number of carbonyl (C=O) groups excluding carboxylic acids is 4. The van der Waals surface area contributed by atoms with E-state index in [1.165, 1.54) is 0 Å². The highest BCUT2D eigenvalue weighted by Crippen LogP contribution is 2.35. The Bertz CT molecular complexity index is 1490. The number of amides is 4. The molecule has 11 heteroatoms. The van der Waals surface area contributed by atoms with Gasteiger partial charge in [0.05, 0.1) is 12.5 Å². The number of aryl methyl sites for hydroxylation is 1. The summed E-state index contributed by atoms with van der Waals surface area (Å²) in [5.74, 6) is -0.628. The number of nitrogens with zero attached hydrogens (tertiary/aromatic N) is 3. The molecule has 2 aliphatic rings. The Morgan fingerprint density at radius 3 is 2.37 bits per heavy atom. The zero-order valence-corrected chi connectivity index (χ0v) is 30.4. The zero-order valence-electron chi connectivity index (χ0n) is 30.4. The monoisotopic (exact) mass is 678 g/mol. The van der Waals surface area contributed by atoms with Gasteiger partial charge in [-0.2, -0.15) is 0 Å². The van der Waals surface area contributed by atoms with Crippen LogP contribution in [-0.4, -0.2) is 104 Å². The summed E-state index contributed by atoms with van der Waals surface area (Å²) in [5.41, 5.74) is 2.35. The molecule has 11 nitrogen and oxygen atoms in total. The van der Waals surface area contributed by atoms with Crippen LogP contribution >= 0.6 is 0 Å². The van der Waals surface area contributed by atoms with E-state index < -0.39 is 17.6 Å². The summed E-state index contributed by atoms with van der Waals surface area (Å²) < 4.78 is 16.9. The Hall–Kier alpha value is -4.12. The molecule has 2 aromatic carbocycles. The van der Waals surface area contributed by atoms with Gasteiger partial charge in [-0.3, -0.25) is 14.4 Å². The smallest absolute Gasteiger partial charge is 0.410 e. The fourth-order valence-electron chi connectivity index (χ4n) is 6.61. The molecule has 1 N–H and O–H groups in total. The Balaban J connectivity index is 1.56. The van der Waals surface area contributed by atoms with E-state index in [-0.39, 0.29) is 42.0 Å². The maximum atomic E-state index is 14.1. The van der Waals surface area contributed by atoms with Crippen LogP contribution in [0, 0.1) is 11.8 Å². The van der Waals surface area contributed by atoms with Gasteiger partial charge in [0.15, 0.2) is 0 Å². The molecular weight excluding hydrogens is 624 g/mol. The number of anilines is 1. The number of nitrogens with one attached hydrogen (secondary N) is 1. The molecule has 0 radical (unpaired) electrons. The van der Waals surface area contributed by atoms with Gasteiger partial charge in [-0.05, 0) is 70.4 Å². The topological polar surface area (TPSA) is 118 Å². The van der Waals surface area contributed by atoms with Gasteiger partial charge in [0.1, 0.15) is 11.4 Å². The Morgan fingerprint density at radius 1 is 1.02 bits per heavy atom. The van der Waals surface area contributed by atoms with Crippen LogP contribution in [0.2, 0.25) is 0 Å². The Labute approximate surface area is 291 Å². The van der Waals surface area contributed by atoms with Gasteiger partial charge in [-0.25, -0.2) is 4.79 Å². The molecule has 4 rings (SSSR count). The van der Waals surface area contributed by atoms with E-state index in [1.807, 2.05) is 82.0 Å². The third-order valence-electron chi connectivity index (χ3n) is 9.17. The van der Waals surface area contributed by atoms with Crippen molar-refractivity contribution in [2.24, 2.45) is 11.8 Å². The van der Waals surface area contributed by atoms with Gasteiger partial charge in [-0.1, -0.05) is 31.2 Å². The normalized spacial score (nSPS) is 18.9. The number of hydrogen-bond donors (Lipinski definition) is 1. The van der Waals surface area contributed by atoms with Gasteiger partial charge in [-0.15, -0.1) is 0 Å². The van der Waals surface area contributed by atoms with Crippen molar-refractivity contribution in [2.45, 2.75) is 78.4 Å². The van der Waals surface area contributed by atoms with Crippen molar-refractivity contribution in [2.75, 3.05) is 58.9 Å². The average molecular weight is 679 g/mol.